The molecular weight excluding hydrogens is 355 g/mol. The van der Waals surface area contributed by atoms with Crippen LogP contribution in [0.25, 0.3) is 28.7 Å². The van der Waals surface area contributed by atoms with Crippen LogP contribution in [0.1, 0.15) is 17.2 Å². The average molecular weight is 369 g/mol. The topological polar surface area (TPSA) is 52.3 Å². The van der Waals surface area contributed by atoms with E-state index in [0.29, 0.717) is 33.3 Å². The molecule has 0 aliphatic heterocycles. The summed E-state index contributed by atoms with van der Waals surface area (Å²) in [5.41, 5.74) is 2.32. The van der Waals surface area contributed by atoms with Crippen molar-refractivity contribution < 1.29 is 9.13 Å². The summed E-state index contributed by atoms with van der Waals surface area (Å²) in [5, 5.41) is 5.46. The zero-order chi connectivity index (χ0) is 18.3. The molecule has 4 rings (SSSR count). The molecule has 0 saturated carbocycles. The summed E-state index contributed by atoms with van der Waals surface area (Å²) in [6.07, 6.45) is 3.41. The summed E-state index contributed by atoms with van der Waals surface area (Å²) in [7, 11) is 1.59. The highest BCUT2D eigenvalue weighted by atomic mass is 35.5. The van der Waals surface area contributed by atoms with Crippen LogP contribution in [-0.4, -0.2) is 26.7 Å². The molecule has 0 fully saturated rings. The van der Waals surface area contributed by atoms with Gasteiger partial charge in [-0.3, -0.25) is 0 Å². The van der Waals surface area contributed by atoms with E-state index in [1.54, 1.807) is 42.0 Å². The van der Waals surface area contributed by atoms with Gasteiger partial charge in [0.25, 0.3) is 0 Å². The summed E-state index contributed by atoms with van der Waals surface area (Å²) in [4.78, 5) is 8.79. The Hall–Kier alpha value is -2.99. The van der Waals surface area contributed by atoms with Gasteiger partial charge in [0, 0.05) is 11.1 Å². The zero-order valence-electron chi connectivity index (χ0n) is 14.1. The van der Waals surface area contributed by atoms with E-state index in [-0.39, 0.29) is 5.52 Å². The number of halogens is 2. The molecule has 0 aliphatic rings. The maximum atomic E-state index is 14.0. The van der Waals surface area contributed by atoms with Gasteiger partial charge in [-0.05, 0) is 43.3 Å². The number of aryl methyl sites for hydroxylation is 1. The lowest BCUT2D eigenvalue weighted by atomic mass is 10.2. The molecule has 130 valence electrons. The molecule has 4 aromatic rings. The van der Waals surface area contributed by atoms with Crippen molar-refractivity contribution in [3.63, 3.8) is 0 Å². The van der Waals surface area contributed by atoms with Gasteiger partial charge in [-0.1, -0.05) is 23.7 Å². The molecule has 0 bridgehead atoms. The summed E-state index contributed by atoms with van der Waals surface area (Å²) in [5.74, 6) is 0.715. The maximum absolute atomic E-state index is 14.0. The van der Waals surface area contributed by atoms with Crippen LogP contribution in [0.4, 0.5) is 4.39 Å². The van der Waals surface area contributed by atoms with Gasteiger partial charge >= 0.3 is 0 Å². The lowest BCUT2D eigenvalue weighted by molar-refractivity contribution is 0.416. The van der Waals surface area contributed by atoms with E-state index in [9.17, 15) is 4.39 Å². The minimum atomic E-state index is -0.411. The standard InChI is InChI=1S/C19H14ClFN4O/c1-11-6-8-16(26-2)19-23-17(24-25(11)19)9-7-12-10-14(20)13-4-3-5-15(21)18(13)22-12/h3-10H,1-2H3/b9-7+. The van der Waals surface area contributed by atoms with Crippen molar-refractivity contribution in [1.29, 1.82) is 0 Å². The van der Waals surface area contributed by atoms with E-state index >= 15 is 0 Å². The number of pyridine rings is 2. The first-order valence-electron chi connectivity index (χ1n) is 7.90. The molecule has 0 atom stereocenters. The molecule has 0 aliphatic carbocycles. The molecule has 0 radical (unpaired) electrons. The number of ether oxygens (including phenoxy) is 1. The van der Waals surface area contributed by atoms with Gasteiger partial charge in [-0.25, -0.2) is 18.9 Å². The Balaban J connectivity index is 1.77. The van der Waals surface area contributed by atoms with Gasteiger partial charge in [-0.15, -0.1) is 5.10 Å². The number of fused-ring (bicyclic) bond motifs is 2. The van der Waals surface area contributed by atoms with Crippen molar-refractivity contribution in [1.82, 2.24) is 19.6 Å². The highest BCUT2D eigenvalue weighted by molar-refractivity contribution is 6.35. The van der Waals surface area contributed by atoms with Crippen LogP contribution < -0.4 is 4.74 Å². The van der Waals surface area contributed by atoms with Gasteiger partial charge in [0.1, 0.15) is 11.3 Å². The molecule has 1 aromatic carbocycles. The van der Waals surface area contributed by atoms with E-state index in [1.165, 1.54) is 6.07 Å². The van der Waals surface area contributed by atoms with Crippen molar-refractivity contribution in [2.75, 3.05) is 7.11 Å². The number of nitrogens with zero attached hydrogens (tertiary/aromatic N) is 4. The predicted octanol–water partition coefficient (Wildman–Crippen LogP) is 4.56. The number of aromatic nitrogens is 4. The molecule has 0 unspecified atom stereocenters. The Kier molecular flexibility index (Phi) is 4.05. The Labute approximate surface area is 153 Å². The molecule has 0 N–H and O–H groups in total. The van der Waals surface area contributed by atoms with E-state index in [4.69, 9.17) is 16.3 Å². The van der Waals surface area contributed by atoms with Crippen LogP contribution in [0.3, 0.4) is 0 Å². The average Bonchev–Trinajstić information content (AvgIpc) is 3.06. The SMILES string of the molecule is COc1ccc(C)n2nc(/C=C/c3cc(Cl)c4cccc(F)c4n3)nc12. The van der Waals surface area contributed by atoms with E-state index in [1.807, 2.05) is 19.1 Å². The first kappa shape index (κ1) is 16.5. The van der Waals surface area contributed by atoms with E-state index in [2.05, 4.69) is 15.1 Å². The molecule has 0 saturated heterocycles. The quantitative estimate of drug-likeness (QED) is 0.532. The van der Waals surface area contributed by atoms with Gasteiger partial charge in [-0.2, -0.15) is 0 Å². The Morgan fingerprint density at radius 1 is 1.15 bits per heavy atom. The molecular formula is C19H14ClFN4O. The number of methoxy groups -OCH3 is 1. The van der Waals surface area contributed by atoms with Crippen LogP contribution in [0.5, 0.6) is 5.75 Å². The second kappa shape index (κ2) is 6.38. The molecule has 3 heterocycles. The maximum Gasteiger partial charge on any atom is 0.198 e. The first-order chi connectivity index (χ1) is 12.6. The minimum absolute atomic E-state index is 0.236. The molecule has 0 amide bonds. The van der Waals surface area contributed by atoms with Crippen molar-refractivity contribution in [2.45, 2.75) is 6.92 Å². The Morgan fingerprint density at radius 3 is 2.81 bits per heavy atom. The number of benzene rings is 1. The van der Waals surface area contributed by atoms with Gasteiger partial charge < -0.3 is 4.74 Å². The molecule has 5 nitrogen and oxygen atoms in total. The van der Waals surface area contributed by atoms with Crippen molar-refractivity contribution in [3.05, 3.63) is 64.5 Å². The fraction of sp³-hybridized carbons (Fsp3) is 0.105. The monoisotopic (exact) mass is 368 g/mol. The Bertz CT molecular complexity index is 1170. The van der Waals surface area contributed by atoms with Crippen LogP contribution in [0, 0.1) is 12.7 Å². The van der Waals surface area contributed by atoms with Crippen LogP contribution in [0.15, 0.2) is 36.4 Å². The molecule has 7 heteroatoms. The second-order valence-corrected chi connectivity index (χ2v) is 6.15. The van der Waals surface area contributed by atoms with Crippen LogP contribution >= 0.6 is 11.6 Å². The third-order valence-electron chi connectivity index (χ3n) is 4.04. The van der Waals surface area contributed by atoms with Gasteiger partial charge in [0.15, 0.2) is 17.2 Å². The third-order valence-corrected chi connectivity index (χ3v) is 4.35. The summed E-state index contributed by atoms with van der Waals surface area (Å²) >= 11 is 6.25. The highest BCUT2D eigenvalue weighted by Gasteiger charge is 2.10. The number of hydrogen-bond donors (Lipinski definition) is 0. The van der Waals surface area contributed by atoms with Gasteiger partial charge in [0.2, 0.25) is 0 Å². The lowest BCUT2D eigenvalue weighted by Crippen LogP contribution is -1.95. The van der Waals surface area contributed by atoms with Crippen LogP contribution in [0.2, 0.25) is 5.02 Å². The summed E-state index contributed by atoms with van der Waals surface area (Å²) in [6.45, 7) is 1.93. The lowest BCUT2D eigenvalue weighted by Gasteiger charge is -2.02. The summed E-state index contributed by atoms with van der Waals surface area (Å²) < 4.78 is 21.0. The smallest absolute Gasteiger partial charge is 0.198 e. The Morgan fingerprint density at radius 2 is 2.00 bits per heavy atom. The van der Waals surface area contributed by atoms with E-state index < -0.39 is 5.82 Å². The highest BCUT2D eigenvalue weighted by Crippen LogP contribution is 2.26. The predicted molar refractivity (Wildman–Crippen MR) is 99.9 cm³/mol. The first-order valence-corrected chi connectivity index (χ1v) is 8.28. The van der Waals surface area contributed by atoms with Crippen molar-refractivity contribution in [2.24, 2.45) is 0 Å². The van der Waals surface area contributed by atoms with Crippen molar-refractivity contribution >= 4 is 40.3 Å². The van der Waals surface area contributed by atoms with Gasteiger partial charge in [0.05, 0.1) is 17.8 Å². The number of hydrogen-bond acceptors (Lipinski definition) is 4. The number of rotatable bonds is 3. The number of para-hydroxylation sites is 1. The molecule has 26 heavy (non-hydrogen) atoms. The molecule has 0 spiro atoms. The zero-order valence-corrected chi connectivity index (χ0v) is 14.8. The third kappa shape index (κ3) is 2.78. The fourth-order valence-electron chi connectivity index (χ4n) is 2.74. The minimum Gasteiger partial charge on any atom is -0.493 e. The normalized spacial score (nSPS) is 11.7. The summed E-state index contributed by atoms with van der Waals surface area (Å²) in [6, 6.07) is 10.1. The van der Waals surface area contributed by atoms with Crippen molar-refractivity contribution in [3.8, 4) is 5.75 Å². The fourth-order valence-corrected chi connectivity index (χ4v) is 3.01. The second-order valence-electron chi connectivity index (χ2n) is 5.75. The molecule has 3 aromatic heterocycles. The van der Waals surface area contributed by atoms with E-state index in [0.717, 1.165) is 5.69 Å². The largest absolute Gasteiger partial charge is 0.493 e. The van der Waals surface area contributed by atoms with Crippen LogP contribution in [-0.2, 0) is 0 Å².